The maximum absolute atomic E-state index is 14.3. The Labute approximate surface area is 283 Å². The number of ketones is 1. The first kappa shape index (κ1) is 34.9. The van der Waals surface area contributed by atoms with Gasteiger partial charge in [-0.15, -0.1) is 11.3 Å². The van der Waals surface area contributed by atoms with Crippen molar-refractivity contribution >= 4 is 23.2 Å². The first-order valence-corrected chi connectivity index (χ1v) is 17.8. The molecule has 1 amide bonds. The van der Waals surface area contributed by atoms with Crippen molar-refractivity contribution in [2.75, 3.05) is 26.8 Å². The number of hydrogen-bond acceptors (Lipinski definition) is 7. The number of amides is 1. The van der Waals surface area contributed by atoms with Gasteiger partial charge in [0.15, 0.2) is 5.78 Å². The molecule has 3 aliphatic rings. The molecule has 0 spiro atoms. The van der Waals surface area contributed by atoms with E-state index < -0.39 is 23.2 Å². The summed E-state index contributed by atoms with van der Waals surface area (Å²) in [6.07, 6.45) is 6.42. The minimum atomic E-state index is -1.21. The van der Waals surface area contributed by atoms with E-state index in [4.69, 9.17) is 9.47 Å². The first-order chi connectivity index (χ1) is 22.6. The summed E-state index contributed by atoms with van der Waals surface area (Å²) in [7, 11) is 1.60. The van der Waals surface area contributed by atoms with Crippen molar-refractivity contribution in [3.05, 3.63) is 98.8 Å². The van der Waals surface area contributed by atoms with Crippen LogP contribution < -0.4 is 4.74 Å². The molecule has 47 heavy (non-hydrogen) atoms. The fraction of sp³-hybridized carbons (Fsp3) is 0.487. The van der Waals surface area contributed by atoms with Gasteiger partial charge in [0.2, 0.25) is 0 Å². The van der Waals surface area contributed by atoms with Crippen molar-refractivity contribution in [3.8, 4) is 5.75 Å². The molecule has 0 saturated heterocycles. The third-order valence-corrected chi connectivity index (χ3v) is 11.4. The minimum Gasteiger partial charge on any atom is -0.497 e. The van der Waals surface area contributed by atoms with Gasteiger partial charge in [-0.05, 0) is 124 Å². The van der Waals surface area contributed by atoms with E-state index >= 15 is 0 Å². The van der Waals surface area contributed by atoms with Gasteiger partial charge in [0.25, 0.3) is 0 Å². The second-order valence-corrected chi connectivity index (χ2v) is 14.5. The molecule has 2 bridgehead atoms. The Morgan fingerprint density at radius 1 is 1.09 bits per heavy atom. The van der Waals surface area contributed by atoms with Crippen LogP contribution in [0.4, 0.5) is 4.79 Å². The molecule has 4 unspecified atom stereocenters. The Morgan fingerprint density at radius 2 is 1.87 bits per heavy atom. The van der Waals surface area contributed by atoms with Gasteiger partial charge < -0.3 is 24.6 Å². The molecule has 8 heteroatoms. The van der Waals surface area contributed by atoms with Gasteiger partial charge in [-0.3, -0.25) is 4.79 Å². The molecule has 1 fully saturated rings. The zero-order valence-corrected chi connectivity index (χ0v) is 29.0. The highest BCUT2D eigenvalue weighted by atomic mass is 32.1. The number of aliphatic hydroxyl groups is 2. The summed E-state index contributed by atoms with van der Waals surface area (Å²) >= 11 is 1.66. The number of carbonyl (C=O) groups excluding carboxylic acids is 2. The summed E-state index contributed by atoms with van der Waals surface area (Å²) in [5, 5.41) is 25.7. The predicted molar refractivity (Wildman–Crippen MR) is 186 cm³/mol. The number of thiophene rings is 1. The van der Waals surface area contributed by atoms with E-state index in [1.807, 2.05) is 29.6 Å². The molecule has 4 atom stereocenters. The molecule has 0 radical (unpaired) electrons. The second kappa shape index (κ2) is 15.2. The van der Waals surface area contributed by atoms with E-state index in [2.05, 4.69) is 26.0 Å². The van der Waals surface area contributed by atoms with Crippen LogP contribution in [0.25, 0.3) is 0 Å². The number of ether oxygens (including phenoxy) is 2. The van der Waals surface area contributed by atoms with Crippen molar-refractivity contribution in [1.82, 2.24) is 4.90 Å². The summed E-state index contributed by atoms with van der Waals surface area (Å²) in [5.74, 6) is 0.445. The Kier molecular flexibility index (Phi) is 11.3. The van der Waals surface area contributed by atoms with Crippen LogP contribution in [0.2, 0.25) is 0 Å². The largest absolute Gasteiger partial charge is 0.497 e. The Hall–Kier alpha value is -3.46. The molecular weight excluding hydrogens is 610 g/mol. The topological polar surface area (TPSA) is 96.3 Å². The number of rotatable bonds is 9. The number of carbonyl (C=O) groups is 2. The predicted octanol–water partition coefficient (Wildman–Crippen LogP) is 7.73. The van der Waals surface area contributed by atoms with Crippen LogP contribution in [0, 0.1) is 5.41 Å². The highest BCUT2D eigenvalue weighted by Crippen LogP contribution is 2.59. The molecule has 252 valence electrons. The summed E-state index contributed by atoms with van der Waals surface area (Å²) < 4.78 is 10.8. The zero-order valence-electron chi connectivity index (χ0n) is 28.2. The lowest BCUT2D eigenvalue weighted by Gasteiger charge is -2.46. The van der Waals surface area contributed by atoms with E-state index in [0.29, 0.717) is 61.9 Å². The molecule has 2 N–H and O–H groups in total. The van der Waals surface area contributed by atoms with Crippen molar-refractivity contribution in [2.45, 2.75) is 89.8 Å². The van der Waals surface area contributed by atoms with Crippen LogP contribution in [0.5, 0.6) is 5.75 Å². The van der Waals surface area contributed by atoms with Crippen molar-refractivity contribution < 1.29 is 29.3 Å². The number of benzene rings is 2. The SMILES string of the molecule is CCOC(=O)N(CCc1cccs1)CC1(O)CCC2c3ccc(cc3C(=O)c3ccc(OC)cc3)CC(O)CCC(C)=CCCC21C. The lowest BCUT2D eigenvalue weighted by atomic mass is 9.64. The number of methoxy groups -OCH3 is 1. The van der Waals surface area contributed by atoms with Gasteiger partial charge in [0.1, 0.15) is 5.75 Å². The normalized spacial score (nSPS) is 24.6. The van der Waals surface area contributed by atoms with Gasteiger partial charge in [-0.1, -0.05) is 36.8 Å². The molecule has 1 aromatic heterocycles. The van der Waals surface area contributed by atoms with Gasteiger partial charge in [0.05, 0.1) is 32.0 Å². The number of aliphatic hydroxyl groups excluding tert-OH is 1. The molecule has 0 aliphatic heterocycles. The summed E-state index contributed by atoms with van der Waals surface area (Å²) in [6.45, 7) is 6.90. The molecule has 7 nitrogen and oxygen atoms in total. The molecule has 2 aromatic carbocycles. The van der Waals surface area contributed by atoms with E-state index in [1.54, 1.807) is 54.5 Å². The molecule has 3 aliphatic carbocycles. The van der Waals surface area contributed by atoms with E-state index in [1.165, 1.54) is 10.5 Å². The van der Waals surface area contributed by atoms with Crippen molar-refractivity contribution in [3.63, 3.8) is 0 Å². The van der Waals surface area contributed by atoms with Crippen LogP contribution in [0.3, 0.4) is 0 Å². The highest BCUT2D eigenvalue weighted by Gasteiger charge is 2.57. The molecule has 6 rings (SSSR count). The summed E-state index contributed by atoms with van der Waals surface area (Å²) in [6, 6.07) is 17.2. The van der Waals surface area contributed by atoms with E-state index in [0.717, 1.165) is 24.0 Å². The van der Waals surface area contributed by atoms with Gasteiger partial charge in [-0.25, -0.2) is 4.79 Å². The fourth-order valence-electron chi connectivity index (χ4n) is 7.56. The zero-order chi connectivity index (χ0) is 33.6. The fourth-order valence-corrected chi connectivity index (χ4v) is 8.26. The average Bonchev–Trinajstić information content (AvgIpc) is 3.67. The smallest absolute Gasteiger partial charge is 0.409 e. The Balaban J connectivity index is 1.56. The third-order valence-electron chi connectivity index (χ3n) is 10.5. The molecule has 1 saturated carbocycles. The average molecular weight is 660 g/mol. The number of allylic oxidation sites excluding steroid dienone is 2. The highest BCUT2D eigenvalue weighted by molar-refractivity contribution is 7.09. The first-order valence-electron chi connectivity index (χ1n) is 16.9. The third kappa shape index (κ3) is 7.82. The maximum atomic E-state index is 14.3. The van der Waals surface area contributed by atoms with Crippen LogP contribution >= 0.6 is 11.3 Å². The molecular formula is C39H49NO6S. The quantitative estimate of drug-likeness (QED) is 0.180. The summed E-state index contributed by atoms with van der Waals surface area (Å²) in [5.41, 5.74) is 2.32. The van der Waals surface area contributed by atoms with Gasteiger partial charge in [-0.2, -0.15) is 0 Å². The van der Waals surface area contributed by atoms with Crippen LogP contribution in [0.1, 0.15) is 97.1 Å². The lowest BCUT2D eigenvalue weighted by molar-refractivity contribution is -0.0807. The lowest BCUT2D eigenvalue weighted by Crippen LogP contribution is -2.54. The van der Waals surface area contributed by atoms with Gasteiger partial charge in [0, 0.05) is 28.0 Å². The van der Waals surface area contributed by atoms with Crippen LogP contribution in [-0.4, -0.2) is 65.5 Å². The monoisotopic (exact) mass is 659 g/mol. The number of nitrogens with zero attached hydrogens (tertiary/aromatic N) is 1. The number of fused-ring (bicyclic) bond motifs is 8. The van der Waals surface area contributed by atoms with Crippen molar-refractivity contribution in [2.24, 2.45) is 5.41 Å². The summed E-state index contributed by atoms with van der Waals surface area (Å²) in [4.78, 5) is 30.4. The maximum Gasteiger partial charge on any atom is 0.409 e. The minimum absolute atomic E-state index is 0.0938. The van der Waals surface area contributed by atoms with Crippen LogP contribution in [0.15, 0.2) is 71.6 Å². The van der Waals surface area contributed by atoms with E-state index in [9.17, 15) is 19.8 Å². The number of hydrogen-bond donors (Lipinski definition) is 2. The Morgan fingerprint density at radius 3 is 2.57 bits per heavy atom. The van der Waals surface area contributed by atoms with E-state index in [-0.39, 0.29) is 24.9 Å². The molecule has 3 aromatic rings. The second-order valence-electron chi connectivity index (χ2n) is 13.5. The molecule has 1 heterocycles. The van der Waals surface area contributed by atoms with Gasteiger partial charge >= 0.3 is 6.09 Å². The standard InChI is InChI=1S/C39H49NO6S/c1-5-46-37(43)40(22-19-32-9-7-23-47-32)26-39(44)21-18-35-33-17-11-28(24-30(41)14-10-27(2)8-6-20-38(35,39)3)25-34(33)36(42)29-12-15-31(45-4)16-13-29/h7-9,11-13,15-17,23,25,30,35,41,44H,5-6,10,14,18-22,24,26H2,1-4H3. The van der Waals surface area contributed by atoms with Crippen molar-refractivity contribution in [1.29, 1.82) is 0 Å². The van der Waals surface area contributed by atoms with Crippen LogP contribution in [-0.2, 0) is 17.6 Å². The Bertz CT molecular complexity index is 1550.